The maximum Gasteiger partial charge on any atom is 0.111 e. The van der Waals surface area contributed by atoms with Gasteiger partial charge in [-0.25, -0.2) is 0 Å². The van der Waals surface area contributed by atoms with Crippen LogP contribution in [0.1, 0.15) is 52.4 Å². The fourth-order valence-electron chi connectivity index (χ4n) is 2.50. The van der Waals surface area contributed by atoms with Gasteiger partial charge in [0.15, 0.2) is 0 Å². The number of rotatable bonds is 8. The molecule has 1 aliphatic rings. The van der Waals surface area contributed by atoms with Crippen LogP contribution >= 0.6 is 12.4 Å². The average Bonchev–Trinajstić information content (AvgIpc) is 2.41. The van der Waals surface area contributed by atoms with Crippen molar-refractivity contribution in [3.05, 3.63) is 11.6 Å². The molecule has 0 aromatic heterocycles. The molecule has 4 atom stereocenters. The third kappa shape index (κ3) is 6.10. The van der Waals surface area contributed by atoms with Gasteiger partial charge >= 0.3 is 0 Å². The number of aliphatic hydroxyl groups is 3. The smallest absolute Gasteiger partial charge is 0.111 e. The summed E-state index contributed by atoms with van der Waals surface area (Å²) in [6.45, 7) is 4.82. The minimum Gasteiger partial charge on any atom is -0.388 e. The van der Waals surface area contributed by atoms with Gasteiger partial charge in [-0.3, -0.25) is 0 Å². The molecule has 0 radical (unpaired) electrons. The molecular weight excluding hydrogens is 278 g/mol. The lowest BCUT2D eigenvalue weighted by Crippen LogP contribution is -2.53. The molecule has 0 aromatic rings. The van der Waals surface area contributed by atoms with Crippen LogP contribution in [0, 0.1) is 0 Å². The van der Waals surface area contributed by atoms with Gasteiger partial charge in [0.05, 0.1) is 6.04 Å². The normalized spacial score (nSPS) is 29.8. The van der Waals surface area contributed by atoms with E-state index in [9.17, 15) is 15.3 Å². The number of nitrogens with one attached hydrogen (secondary N) is 1. The minimum absolute atomic E-state index is 0. The lowest BCUT2D eigenvalue weighted by atomic mass is 9.89. The first-order valence-corrected chi connectivity index (χ1v) is 7.53. The molecule has 0 saturated carbocycles. The van der Waals surface area contributed by atoms with Gasteiger partial charge in [-0.2, -0.15) is 0 Å². The highest BCUT2D eigenvalue weighted by atomic mass is 35.5. The Morgan fingerprint density at radius 1 is 1.00 bits per heavy atom. The summed E-state index contributed by atoms with van der Waals surface area (Å²) in [4.78, 5) is 0. The van der Waals surface area contributed by atoms with E-state index in [1.54, 1.807) is 6.92 Å². The Kier molecular flexibility index (Phi) is 10.5. The van der Waals surface area contributed by atoms with Crippen molar-refractivity contribution in [2.24, 2.45) is 0 Å². The standard InChI is InChI=1S/C15H29NO3.ClH/c1-3-4-5-6-7-8-9-16-12-10-11(2)13(17)15(19)14(12)18;/h10,12-19H,3-9H2,1-2H3;1H/t12-,13+,14+,15+;/m1./s1. The second-order valence-electron chi connectivity index (χ2n) is 5.58. The fourth-order valence-corrected chi connectivity index (χ4v) is 2.50. The van der Waals surface area contributed by atoms with Gasteiger partial charge < -0.3 is 20.6 Å². The summed E-state index contributed by atoms with van der Waals surface area (Å²) in [7, 11) is 0. The van der Waals surface area contributed by atoms with Gasteiger partial charge in [-0.05, 0) is 25.5 Å². The second kappa shape index (κ2) is 10.6. The monoisotopic (exact) mass is 307 g/mol. The molecule has 0 amide bonds. The van der Waals surface area contributed by atoms with Gasteiger partial charge in [0, 0.05) is 0 Å². The highest BCUT2D eigenvalue weighted by Crippen LogP contribution is 2.19. The van der Waals surface area contributed by atoms with Gasteiger partial charge in [-0.1, -0.05) is 45.1 Å². The van der Waals surface area contributed by atoms with Crippen LogP contribution in [0.2, 0.25) is 0 Å². The van der Waals surface area contributed by atoms with Crippen LogP contribution in [0.25, 0.3) is 0 Å². The summed E-state index contributed by atoms with van der Waals surface area (Å²) >= 11 is 0. The molecule has 0 bridgehead atoms. The first-order chi connectivity index (χ1) is 9.07. The van der Waals surface area contributed by atoms with E-state index in [1.165, 1.54) is 32.1 Å². The Bertz CT molecular complexity index is 286. The Labute approximate surface area is 128 Å². The summed E-state index contributed by atoms with van der Waals surface area (Å²) in [5.41, 5.74) is 0.721. The molecule has 0 fully saturated rings. The molecule has 5 heteroatoms. The molecule has 0 heterocycles. The van der Waals surface area contributed by atoms with E-state index in [0.717, 1.165) is 18.5 Å². The van der Waals surface area contributed by atoms with Crippen molar-refractivity contribution in [1.82, 2.24) is 5.32 Å². The maximum atomic E-state index is 9.88. The molecule has 0 aromatic carbocycles. The van der Waals surface area contributed by atoms with E-state index >= 15 is 0 Å². The number of aliphatic hydroxyl groups excluding tert-OH is 3. The van der Waals surface area contributed by atoms with Crippen LogP contribution in [0.15, 0.2) is 11.6 Å². The van der Waals surface area contributed by atoms with E-state index < -0.39 is 18.3 Å². The van der Waals surface area contributed by atoms with Crippen molar-refractivity contribution in [1.29, 1.82) is 0 Å². The zero-order valence-corrected chi connectivity index (χ0v) is 13.4. The SMILES string of the molecule is CCCCCCCCN[C@@H]1C=C(C)[C@H](O)[C@H](O)[C@H]1O.Cl. The van der Waals surface area contributed by atoms with E-state index in [2.05, 4.69) is 12.2 Å². The van der Waals surface area contributed by atoms with Crippen molar-refractivity contribution < 1.29 is 15.3 Å². The Morgan fingerprint density at radius 2 is 1.60 bits per heavy atom. The van der Waals surface area contributed by atoms with E-state index in [-0.39, 0.29) is 18.4 Å². The molecule has 120 valence electrons. The predicted octanol–water partition coefficient (Wildman–Crippen LogP) is 1.77. The molecular formula is C15H30ClNO3. The van der Waals surface area contributed by atoms with E-state index in [0.29, 0.717) is 0 Å². The molecule has 0 saturated heterocycles. The zero-order valence-electron chi connectivity index (χ0n) is 12.6. The highest BCUT2D eigenvalue weighted by molar-refractivity contribution is 5.85. The molecule has 4 N–H and O–H groups in total. The Morgan fingerprint density at radius 3 is 2.25 bits per heavy atom. The average molecular weight is 308 g/mol. The minimum atomic E-state index is -1.09. The molecule has 20 heavy (non-hydrogen) atoms. The summed E-state index contributed by atoms with van der Waals surface area (Å²) < 4.78 is 0. The van der Waals surface area contributed by atoms with Gasteiger partial charge in [-0.15, -0.1) is 12.4 Å². The third-order valence-corrected chi connectivity index (χ3v) is 3.86. The fraction of sp³-hybridized carbons (Fsp3) is 0.867. The largest absolute Gasteiger partial charge is 0.388 e. The zero-order chi connectivity index (χ0) is 14.3. The summed E-state index contributed by atoms with van der Waals surface area (Å²) in [6.07, 6.45) is 6.26. The lowest BCUT2D eigenvalue weighted by molar-refractivity contribution is -0.0611. The van der Waals surface area contributed by atoms with Crippen molar-refractivity contribution in [3.63, 3.8) is 0 Å². The van der Waals surface area contributed by atoms with Gasteiger partial charge in [0.2, 0.25) is 0 Å². The molecule has 4 nitrogen and oxygen atoms in total. The molecule has 1 rings (SSSR count). The van der Waals surface area contributed by atoms with Crippen molar-refractivity contribution in [2.75, 3.05) is 6.54 Å². The number of halogens is 1. The first-order valence-electron chi connectivity index (χ1n) is 7.53. The first kappa shape index (κ1) is 19.9. The maximum absolute atomic E-state index is 9.88. The lowest BCUT2D eigenvalue weighted by Gasteiger charge is -2.34. The Hall–Kier alpha value is -0.130. The quantitative estimate of drug-likeness (QED) is 0.407. The van der Waals surface area contributed by atoms with Crippen LogP contribution in [-0.4, -0.2) is 46.2 Å². The summed E-state index contributed by atoms with van der Waals surface area (Å²) in [5.74, 6) is 0. The summed E-state index contributed by atoms with van der Waals surface area (Å²) in [5, 5.41) is 32.5. The van der Waals surface area contributed by atoms with Crippen molar-refractivity contribution >= 4 is 12.4 Å². The van der Waals surface area contributed by atoms with Crippen LogP contribution in [0.3, 0.4) is 0 Å². The number of hydrogen-bond donors (Lipinski definition) is 4. The van der Waals surface area contributed by atoms with Gasteiger partial charge in [0.1, 0.15) is 18.3 Å². The second-order valence-corrected chi connectivity index (χ2v) is 5.58. The van der Waals surface area contributed by atoms with Crippen molar-refractivity contribution in [3.8, 4) is 0 Å². The number of hydrogen-bond acceptors (Lipinski definition) is 4. The van der Waals surface area contributed by atoms with Crippen LogP contribution < -0.4 is 5.32 Å². The van der Waals surface area contributed by atoms with Gasteiger partial charge in [0.25, 0.3) is 0 Å². The van der Waals surface area contributed by atoms with E-state index in [1.807, 2.05) is 6.08 Å². The molecule has 0 spiro atoms. The summed E-state index contributed by atoms with van der Waals surface area (Å²) in [6, 6.07) is -0.256. The molecule has 0 unspecified atom stereocenters. The number of unbranched alkanes of at least 4 members (excludes halogenated alkanes) is 5. The molecule has 1 aliphatic carbocycles. The topological polar surface area (TPSA) is 72.7 Å². The molecule has 0 aliphatic heterocycles. The van der Waals surface area contributed by atoms with Crippen LogP contribution in [0.4, 0.5) is 0 Å². The van der Waals surface area contributed by atoms with E-state index in [4.69, 9.17) is 0 Å². The Balaban J connectivity index is 0.00000361. The van der Waals surface area contributed by atoms with Crippen LogP contribution in [-0.2, 0) is 0 Å². The van der Waals surface area contributed by atoms with Crippen molar-refractivity contribution in [2.45, 2.75) is 76.7 Å². The predicted molar refractivity (Wildman–Crippen MR) is 84.2 cm³/mol. The third-order valence-electron chi connectivity index (χ3n) is 3.86. The van der Waals surface area contributed by atoms with Crippen LogP contribution in [0.5, 0.6) is 0 Å². The highest BCUT2D eigenvalue weighted by Gasteiger charge is 2.35.